The summed E-state index contributed by atoms with van der Waals surface area (Å²) in [6, 6.07) is 18.0. The number of anilines is 2. The van der Waals surface area contributed by atoms with Crippen LogP contribution in [0.5, 0.6) is 0 Å². The molecule has 0 fully saturated rings. The molecule has 0 aliphatic heterocycles. The number of aromatic nitrogens is 2. The van der Waals surface area contributed by atoms with Gasteiger partial charge < -0.3 is 10.6 Å². The van der Waals surface area contributed by atoms with Gasteiger partial charge in [-0.1, -0.05) is 35.9 Å². The van der Waals surface area contributed by atoms with Gasteiger partial charge in [-0.15, -0.1) is 0 Å². The summed E-state index contributed by atoms with van der Waals surface area (Å²) in [5.74, 6) is -0.0452. The summed E-state index contributed by atoms with van der Waals surface area (Å²) in [6.07, 6.45) is 2.26. The second kappa shape index (κ2) is 8.79. The molecule has 0 radical (unpaired) electrons. The van der Waals surface area contributed by atoms with Crippen LogP contribution in [0.1, 0.15) is 21.6 Å². The first-order valence-corrected chi connectivity index (χ1v) is 8.65. The topological polar surface area (TPSA) is 90.7 Å². The first-order chi connectivity index (χ1) is 13.2. The van der Waals surface area contributed by atoms with E-state index in [0.717, 1.165) is 12.0 Å². The molecule has 0 atom stereocenters. The van der Waals surface area contributed by atoms with Crippen molar-refractivity contribution in [2.45, 2.75) is 6.42 Å². The van der Waals surface area contributed by atoms with E-state index in [-0.39, 0.29) is 5.69 Å². The zero-order chi connectivity index (χ0) is 19.1. The Hall–Kier alpha value is -3.43. The minimum absolute atomic E-state index is 0.211. The van der Waals surface area contributed by atoms with E-state index in [4.69, 9.17) is 16.9 Å². The molecule has 1 aromatic heterocycles. The Morgan fingerprint density at radius 2 is 2.00 bits per heavy atom. The van der Waals surface area contributed by atoms with Gasteiger partial charge in [-0.05, 0) is 42.3 Å². The number of carbonyl (C=O) groups excluding carboxylic acids is 1. The Morgan fingerprint density at radius 3 is 2.81 bits per heavy atom. The number of halogens is 1. The number of nitrogens with one attached hydrogen (secondary N) is 2. The Morgan fingerprint density at radius 1 is 1.15 bits per heavy atom. The van der Waals surface area contributed by atoms with Crippen molar-refractivity contribution in [3.8, 4) is 6.07 Å². The van der Waals surface area contributed by atoms with Crippen molar-refractivity contribution in [2.75, 3.05) is 17.2 Å². The standard InChI is InChI=1S/C20H16ClN5O/c21-16-6-3-4-14(12-16)8-10-23-20-24-11-9-18(26-20)19(27)25-17-7-2-1-5-15(17)13-22/h1-7,9,11-12H,8,10H2,(H,25,27)(H,23,24,26). The lowest BCUT2D eigenvalue weighted by Crippen LogP contribution is -2.16. The first-order valence-electron chi connectivity index (χ1n) is 8.27. The van der Waals surface area contributed by atoms with Crippen LogP contribution in [-0.4, -0.2) is 22.4 Å². The maximum atomic E-state index is 12.4. The first kappa shape index (κ1) is 18.4. The SMILES string of the molecule is N#Cc1ccccc1NC(=O)c1ccnc(NCCc2cccc(Cl)c2)n1. The number of rotatable bonds is 6. The van der Waals surface area contributed by atoms with Crippen molar-refractivity contribution in [2.24, 2.45) is 0 Å². The van der Waals surface area contributed by atoms with Crippen LogP contribution in [0, 0.1) is 11.3 Å². The fourth-order valence-corrected chi connectivity index (χ4v) is 2.67. The number of nitriles is 1. The van der Waals surface area contributed by atoms with Gasteiger partial charge in [0.05, 0.1) is 11.3 Å². The zero-order valence-electron chi connectivity index (χ0n) is 14.3. The number of amides is 1. The number of hydrogen-bond acceptors (Lipinski definition) is 5. The smallest absolute Gasteiger partial charge is 0.274 e. The van der Waals surface area contributed by atoms with Crippen LogP contribution in [0.2, 0.25) is 5.02 Å². The Labute approximate surface area is 161 Å². The van der Waals surface area contributed by atoms with Crippen LogP contribution in [0.4, 0.5) is 11.6 Å². The molecule has 0 aliphatic rings. The molecule has 2 aromatic carbocycles. The minimum atomic E-state index is -0.405. The number of para-hydroxylation sites is 1. The Bertz CT molecular complexity index is 999. The molecule has 1 amide bonds. The molecule has 0 aliphatic carbocycles. The largest absolute Gasteiger partial charge is 0.354 e. The predicted molar refractivity (Wildman–Crippen MR) is 105 cm³/mol. The highest BCUT2D eigenvalue weighted by molar-refractivity contribution is 6.30. The van der Waals surface area contributed by atoms with E-state index in [1.54, 1.807) is 24.3 Å². The average Bonchev–Trinajstić information content (AvgIpc) is 2.69. The number of benzene rings is 2. The molecule has 3 aromatic rings. The number of carbonyl (C=O) groups is 1. The second-order valence-corrected chi connectivity index (χ2v) is 6.12. The summed E-state index contributed by atoms with van der Waals surface area (Å²) < 4.78 is 0. The predicted octanol–water partition coefficient (Wildman–Crippen LogP) is 3.91. The molecular weight excluding hydrogens is 362 g/mol. The Kier molecular flexibility index (Phi) is 5.98. The van der Waals surface area contributed by atoms with Gasteiger partial charge in [-0.3, -0.25) is 4.79 Å². The van der Waals surface area contributed by atoms with Crippen molar-refractivity contribution in [1.82, 2.24) is 9.97 Å². The highest BCUT2D eigenvalue weighted by Gasteiger charge is 2.11. The van der Waals surface area contributed by atoms with E-state index in [1.807, 2.05) is 30.3 Å². The van der Waals surface area contributed by atoms with Crippen molar-refractivity contribution >= 4 is 29.1 Å². The van der Waals surface area contributed by atoms with E-state index in [2.05, 4.69) is 20.6 Å². The van der Waals surface area contributed by atoms with Gasteiger partial charge in [0, 0.05) is 17.8 Å². The van der Waals surface area contributed by atoms with Crippen molar-refractivity contribution in [3.05, 3.63) is 82.6 Å². The molecule has 2 N–H and O–H groups in total. The second-order valence-electron chi connectivity index (χ2n) is 5.68. The van der Waals surface area contributed by atoms with Gasteiger partial charge in [0.1, 0.15) is 11.8 Å². The highest BCUT2D eigenvalue weighted by Crippen LogP contribution is 2.15. The van der Waals surface area contributed by atoms with Gasteiger partial charge in [-0.25, -0.2) is 9.97 Å². The van der Waals surface area contributed by atoms with Crippen LogP contribution in [-0.2, 0) is 6.42 Å². The monoisotopic (exact) mass is 377 g/mol. The van der Waals surface area contributed by atoms with Gasteiger partial charge >= 0.3 is 0 Å². The number of nitrogens with zero attached hydrogens (tertiary/aromatic N) is 3. The lowest BCUT2D eigenvalue weighted by atomic mass is 10.1. The maximum Gasteiger partial charge on any atom is 0.274 e. The summed E-state index contributed by atoms with van der Waals surface area (Å²) in [4.78, 5) is 20.8. The van der Waals surface area contributed by atoms with Gasteiger partial charge in [0.15, 0.2) is 0 Å². The third-order valence-electron chi connectivity index (χ3n) is 3.77. The molecule has 0 saturated heterocycles. The van der Waals surface area contributed by atoms with Crippen LogP contribution < -0.4 is 10.6 Å². The summed E-state index contributed by atoms with van der Waals surface area (Å²) in [7, 11) is 0. The molecular formula is C20H16ClN5O. The normalized spacial score (nSPS) is 10.1. The van der Waals surface area contributed by atoms with Crippen molar-refractivity contribution in [1.29, 1.82) is 5.26 Å². The van der Waals surface area contributed by atoms with E-state index in [0.29, 0.717) is 28.8 Å². The van der Waals surface area contributed by atoms with Gasteiger partial charge in [0.2, 0.25) is 5.95 Å². The summed E-state index contributed by atoms with van der Waals surface area (Å²) >= 11 is 5.97. The van der Waals surface area contributed by atoms with E-state index < -0.39 is 5.91 Å². The van der Waals surface area contributed by atoms with Gasteiger partial charge in [0.25, 0.3) is 5.91 Å². The maximum absolute atomic E-state index is 12.4. The third kappa shape index (κ3) is 5.03. The molecule has 27 heavy (non-hydrogen) atoms. The minimum Gasteiger partial charge on any atom is -0.354 e. The van der Waals surface area contributed by atoms with Gasteiger partial charge in [-0.2, -0.15) is 5.26 Å². The van der Waals surface area contributed by atoms with Crippen LogP contribution in [0.3, 0.4) is 0 Å². The molecule has 6 nitrogen and oxygen atoms in total. The summed E-state index contributed by atoms with van der Waals surface area (Å²) in [5.41, 5.74) is 2.14. The Balaban J connectivity index is 1.63. The number of hydrogen-bond donors (Lipinski definition) is 2. The molecule has 134 valence electrons. The van der Waals surface area contributed by atoms with Crippen LogP contribution >= 0.6 is 11.6 Å². The fourth-order valence-electron chi connectivity index (χ4n) is 2.46. The van der Waals surface area contributed by atoms with Crippen molar-refractivity contribution in [3.63, 3.8) is 0 Å². The van der Waals surface area contributed by atoms with Crippen LogP contribution in [0.25, 0.3) is 0 Å². The summed E-state index contributed by atoms with van der Waals surface area (Å²) in [5, 5.41) is 15.6. The zero-order valence-corrected chi connectivity index (χ0v) is 15.1. The van der Waals surface area contributed by atoms with E-state index in [1.165, 1.54) is 12.3 Å². The quantitative estimate of drug-likeness (QED) is 0.679. The molecule has 1 heterocycles. The fraction of sp³-hybridized carbons (Fsp3) is 0.100. The van der Waals surface area contributed by atoms with E-state index >= 15 is 0 Å². The molecule has 0 unspecified atom stereocenters. The molecule has 3 rings (SSSR count). The van der Waals surface area contributed by atoms with Crippen molar-refractivity contribution < 1.29 is 4.79 Å². The van der Waals surface area contributed by atoms with Crippen LogP contribution in [0.15, 0.2) is 60.8 Å². The van der Waals surface area contributed by atoms with E-state index in [9.17, 15) is 4.79 Å². The molecule has 0 bridgehead atoms. The average molecular weight is 378 g/mol. The third-order valence-corrected chi connectivity index (χ3v) is 4.00. The molecule has 7 heteroatoms. The molecule has 0 saturated carbocycles. The summed E-state index contributed by atoms with van der Waals surface area (Å²) in [6.45, 7) is 0.600. The molecule has 0 spiro atoms. The lowest BCUT2D eigenvalue weighted by Gasteiger charge is -2.08. The highest BCUT2D eigenvalue weighted by atomic mass is 35.5. The lowest BCUT2D eigenvalue weighted by molar-refractivity contribution is 0.102.